The van der Waals surface area contributed by atoms with Crippen molar-refractivity contribution in [2.75, 3.05) is 0 Å². The van der Waals surface area contributed by atoms with E-state index in [9.17, 15) is 5.11 Å². The first-order valence-corrected chi connectivity index (χ1v) is 3.75. The lowest BCUT2D eigenvalue weighted by Crippen LogP contribution is -2.12. The highest BCUT2D eigenvalue weighted by Gasteiger charge is 2.15. The lowest BCUT2D eigenvalue weighted by molar-refractivity contribution is 0.0826. The maximum absolute atomic E-state index is 9.39. The average molecular weight is 158 g/mol. The van der Waals surface area contributed by atoms with Gasteiger partial charge in [-0.2, -0.15) is 0 Å². The van der Waals surface area contributed by atoms with Crippen LogP contribution in [-0.2, 0) is 5.60 Å². The molecule has 0 saturated carbocycles. The second-order valence-electron chi connectivity index (χ2n) is 2.54. The number of aliphatic hydroxyl groups is 1. The first kappa shape index (κ1) is 9.66. The summed E-state index contributed by atoms with van der Waals surface area (Å²) in [5.74, 6) is 0. The summed E-state index contributed by atoms with van der Waals surface area (Å²) < 4.78 is 0. The molecule has 2 heteroatoms. The SMILES string of the molecule is C.CC(C)(O)c1cccs1. The van der Waals surface area contributed by atoms with E-state index < -0.39 is 5.60 Å². The van der Waals surface area contributed by atoms with Gasteiger partial charge in [0.25, 0.3) is 0 Å². The molecule has 0 aromatic carbocycles. The topological polar surface area (TPSA) is 20.2 Å². The molecule has 10 heavy (non-hydrogen) atoms. The molecule has 1 aromatic heterocycles. The van der Waals surface area contributed by atoms with Crippen LogP contribution in [0, 0.1) is 0 Å². The summed E-state index contributed by atoms with van der Waals surface area (Å²) in [5.41, 5.74) is -0.659. The molecular weight excluding hydrogens is 144 g/mol. The molecule has 1 nitrogen and oxygen atoms in total. The van der Waals surface area contributed by atoms with Gasteiger partial charge in [0.15, 0.2) is 0 Å². The second kappa shape index (κ2) is 3.17. The molecule has 0 aliphatic carbocycles. The third-order valence-electron chi connectivity index (χ3n) is 1.12. The van der Waals surface area contributed by atoms with E-state index in [0.29, 0.717) is 0 Å². The molecule has 58 valence electrons. The Morgan fingerprint density at radius 3 is 2.30 bits per heavy atom. The molecule has 0 spiro atoms. The number of thiophene rings is 1. The van der Waals surface area contributed by atoms with E-state index in [4.69, 9.17) is 0 Å². The lowest BCUT2D eigenvalue weighted by atomic mass is 10.1. The second-order valence-corrected chi connectivity index (χ2v) is 3.48. The smallest absolute Gasteiger partial charge is 0.0931 e. The van der Waals surface area contributed by atoms with Crippen LogP contribution in [0.25, 0.3) is 0 Å². The standard InChI is InChI=1S/C7H10OS.CH4/c1-7(2,8)6-4-3-5-9-6;/h3-5,8H,1-2H3;1H4. The average Bonchev–Trinajstić information content (AvgIpc) is 2.08. The fraction of sp³-hybridized carbons (Fsp3) is 0.500. The van der Waals surface area contributed by atoms with Gasteiger partial charge in [0, 0.05) is 4.88 Å². The Hall–Kier alpha value is -0.340. The molecule has 0 saturated heterocycles. The van der Waals surface area contributed by atoms with E-state index in [-0.39, 0.29) is 7.43 Å². The normalized spacial score (nSPS) is 10.7. The quantitative estimate of drug-likeness (QED) is 0.666. The van der Waals surface area contributed by atoms with Crippen molar-refractivity contribution in [2.45, 2.75) is 26.9 Å². The van der Waals surface area contributed by atoms with Crippen LogP contribution in [0.15, 0.2) is 17.5 Å². The molecular formula is C8H14OS. The molecule has 0 atom stereocenters. The van der Waals surface area contributed by atoms with Crippen molar-refractivity contribution in [1.82, 2.24) is 0 Å². The van der Waals surface area contributed by atoms with Crippen molar-refractivity contribution >= 4 is 11.3 Å². The first-order chi connectivity index (χ1) is 4.11. The van der Waals surface area contributed by atoms with Crippen molar-refractivity contribution in [3.8, 4) is 0 Å². The maximum atomic E-state index is 9.39. The van der Waals surface area contributed by atoms with Gasteiger partial charge in [-0.15, -0.1) is 11.3 Å². The highest BCUT2D eigenvalue weighted by molar-refractivity contribution is 7.10. The van der Waals surface area contributed by atoms with Crippen LogP contribution in [0.3, 0.4) is 0 Å². The van der Waals surface area contributed by atoms with Gasteiger partial charge in [-0.25, -0.2) is 0 Å². The number of hydrogen-bond acceptors (Lipinski definition) is 2. The first-order valence-electron chi connectivity index (χ1n) is 2.87. The van der Waals surface area contributed by atoms with Gasteiger partial charge in [0.05, 0.1) is 5.60 Å². The van der Waals surface area contributed by atoms with E-state index in [1.807, 2.05) is 17.5 Å². The zero-order valence-corrected chi connectivity index (χ0v) is 6.40. The summed E-state index contributed by atoms with van der Waals surface area (Å²) in [5, 5.41) is 11.4. The van der Waals surface area contributed by atoms with Gasteiger partial charge in [-0.3, -0.25) is 0 Å². The third-order valence-corrected chi connectivity index (χ3v) is 2.31. The Morgan fingerprint density at radius 2 is 2.10 bits per heavy atom. The molecule has 0 aliphatic rings. The van der Waals surface area contributed by atoms with Gasteiger partial charge in [-0.1, -0.05) is 13.5 Å². The molecule has 0 aliphatic heterocycles. The van der Waals surface area contributed by atoms with Gasteiger partial charge in [0.2, 0.25) is 0 Å². The monoisotopic (exact) mass is 158 g/mol. The summed E-state index contributed by atoms with van der Waals surface area (Å²) in [7, 11) is 0. The number of rotatable bonds is 1. The fourth-order valence-corrected chi connectivity index (χ4v) is 1.38. The Balaban J connectivity index is 0.000000810. The van der Waals surface area contributed by atoms with Crippen molar-refractivity contribution in [2.24, 2.45) is 0 Å². The Bertz CT molecular complexity index is 172. The van der Waals surface area contributed by atoms with Crippen LogP contribution in [0.1, 0.15) is 26.2 Å². The third kappa shape index (κ3) is 2.12. The van der Waals surface area contributed by atoms with Crippen LogP contribution in [0.4, 0.5) is 0 Å². The minimum Gasteiger partial charge on any atom is -0.385 e. The molecule has 0 amide bonds. The molecule has 0 unspecified atom stereocenters. The predicted molar refractivity (Wildman–Crippen MR) is 46.3 cm³/mol. The minimum absolute atomic E-state index is 0. The van der Waals surface area contributed by atoms with E-state index in [1.54, 1.807) is 25.2 Å². The minimum atomic E-state index is -0.659. The zero-order chi connectivity index (χ0) is 6.91. The van der Waals surface area contributed by atoms with Crippen LogP contribution in [-0.4, -0.2) is 5.11 Å². The Kier molecular flexibility index (Phi) is 3.06. The van der Waals surface area contributed by atoms with Crippen LogP contribution in [0.2, 0.25) is 0 Å². The van der Waals surface area contributed by atoms with E-state index in [2.05, 4.69) is 0 Å². The summed E-state index contributed by atoms with van der Waals surface area (Å²) in [4.78, 5) is 1.02. The van der Waals surface area contributed by atoms with Crippen molar-refractivity contribution in [3.63, 3.8) is 0 Å². The van der Waals surface area contributed by atoms with Crippen molar-refractivity contribution < 1.29 is 5.11 Å². The van der Waals surface area contributed by atoms with Gasteiger partial charge in [0.1, 0.15) is 0 Å². The zero-order valence-electron chi connectivity index (χ0n) is 5.59. The molecule has 1 rings (SSSR count). The summed E-state index contributed by atoms with van der Waals surface area (Å²) in [6.07, 6.45) is 0. The van der Waals surface area contributed by atoms with Crippen LogP contribution < -0.4 is 0 Å². The highest BCUT2D eigenvalue weighted by Crippen LogP contribution is 2.23. The summed E-state index contributed by atoms with van der Waals surface area (Å²) >= 11 is 1.58. The molecule has 1 aromatic rings. The van der Waals surface area contributed by atoms with E-state index in [1.165, 1.54) is 0 Å². The molecule has 1 N–H and O–H groups in total. The molecule has 0 fully saturated rings. The van der Waals surface area contributed by atoms with E-state index >= 15 is 0 Å². The lowest BCUT2D eigenvalue weighted by Gasteiger charge is -2.13. The largest absolute Gasteiger partial charge is 0.385 e. The maximum Gasteiger partial charge on any atom is 0.0931 e. The van der Waals surface area contributed by atoms with E-state index in [0.717, 1.165) is 4.88 Å². The van der Waals surface area contributed by atoms with Crippen molar-refractivity contribution in [3.05, 3.63) is 22.4 Å². The van der Waals surface area contributed by atoms with Crippen LogP contribution in [0.5, 0.6) is 0 Å². The Morgan fingerprint density at radius 1 is 1.50 bits per heavy atom. The summed E-state index contributed by atoms with van der Waals surface area (Å²) in [6.45, 7) is 3.58. The van der Waals surface area contributed by atoms with Crippen molar-refractivity contribution in [1.29, 1.82) is 0 Å². The molecule has 0 radical (unpaired) electrons. The predicted octanol–water partition coefficient (Wildman–Crippen LogP) is 2.61. The van der Waals surface area contributed by atoms with Crippen LogP contribution >= 0.6 is 11.3 Å². The summed E-state index contributed by atoms with van der Waals surface area (Å²) in [6, 6.07) is 3.88. The fourth-order valence-electron chi connectivity index (χ4n) is 0.627. The molecule has 1 heterocycles. The van der Waals surface area contributed by atoms with Gasteiger partial charge >= 0.3 is 0 Å². The van der Waals surface area contributed by atoms with Gasteiger partial charge < -0.3 is 5.11 Å². The highest BCUT2D eigenvalue weighted by atomic mass is 32.1. The Labute approximate surface area is 66.3 Å². The van der Waals surface area contributed by atoms with Gasteiger partial charge in [-0.05, 0) is 25.3 Å². The number of hydrogen-bond donors (Lipinski definition) is 1. The molecule has 0 bridgehead atoms.